The van der Waals surface area contributed by atoms with Gasteiger partial charge in [0.05, 0.1) is 86.8 Å². The number of benzene rings is 5. The zero-order valence-corrected chi connectivity index (χ0v) is 59.3. The number of fused-ring (bicyclic) bond motifs is 8. The van der Waals surface area contributed by atoms with Crippen molar-refractivity contribution in [3.8, 4) is 22.5 Å². The number of rotatable bonds is 11. The minimum absolute atomic E-state index is 0.366. The number of thiazole rings is 1. The van der Waals surface area contributed by atoms with Gasteiger partial charge < -0.3 is 58.0 Å². The first-order chi connectivity index (χ1) is 50.3. The molecule has 103 heavy (non-hydrogen) atoms. The van der Waals surface area contributed by atoms with E-state index in [9.17, 15) is 0 Å². The van der Waals surface area contributed by atoms with Crippen molar-refractivity contribution < 1.29 is 4.74 Å². The number of likely N-dealkylation sites (N-methyl/N-ethyl adjacent to an activating group) is 1. The Hall–Kier alpha value is -11.6. The number of hydrogen-bond acceptors (Lipinski definition) is 25. The zero-order valence-electron chi connectivity index (χ0n) is 56.3. The lowest BCUT2D eigenvalue weighted by Crippen LogP contribution is -2.45. The Labute approximate surface area is 606 Å². The number of piperazine rings is 1. The summed E-state index contributed by atoms with van der Waals surface area (Å²) in [5.41, 5.74) is 44.6. The monoisotopic (exact) mass is 1500 g/mol. The molecule has 1 atom stereocenters. The van der Waals surface area contributed by atoms with E-state index >= 15 is 0 Å². The Balaban J connectivity index is 0.000000116. The summed E-state index contributed by atoms with van der Waals surface area (Å²) in [6.07, 6.45) is 6.79. The van der Waals surface area contributed by atoms with Crippen LogP contribution in [0.3, 0.4) is 0 Å². The molecule has 0 amide bonds. The summed E-state index contributed by atoms with van der Waals surface area (Å²) in [6, 6.07) is 43.6. The number of aromatic nitrogens is 18. The van der Waals surface area contributed by atoms with Gasteiger partial charge in [0, 0.05) is 95.8 Å². The Morgan fingerprint density at radius 3 is 1.53 bits per heavy atom. The number of hydrogen-bond donors (Lipinski definition) is 6. The molecule has 0 aliphatic carbocycles. The lowest BCUT2D eigenvalue weighted by molar-refractivity contribution is 0.122. The van der Waals surface area contributed by atoms with Gasteiger partial charge in [0.25, 0.3) is 0 Å². The third-order valence-corrected chi connectivity index (χ3v) is 20.9. The van der Waals surface area contributed by atoms with Crippen molar-refractivity contribution in [3.63, 3.8) is 0 Å². The fraction of sp³-hybridized carbons (Fsp3) is 0.233. The van der Waals surface area contributed by atoms with Crippen LogP contribution in [-0.4, -0.2) is 166 Å². The molecule has 5 aromatic carbocycles. The van der Waals surface area contributed by atoms with Crippen molar-refractivity contribution in [1.29, 1.82) is 0 Å². The number of nitrogens with two attached hydrogens (primary N) is 5. The number of pyridine rings is 3. The van der Waals surface area contributed by atoms with E-state index in [0.29, 0.717) is 89.8 Å². The van der Waals surface area contributed by atoms with Crippen LogP contribution in [0.5, 0.6) is 0 Å². The quantitative estimate of drug-likeness (QED) is 0.0655. The Bertz CT molecular complexity index is 5920. The normalized spacial score (nSPS) is 15.2. The van der Waals surface area contributed by atoms with Crippen LogP contribution in [0.25, 0.3) is 110 Å². The van der Waals surface area contributed by atoms with Crippen LogP contribution in [0.1, 0.15) is 36.5 Å². The number of nitrogens with zero attached hydrogens (tertiary/aromatic N) is 21. The van der Waals surface area contributed by atoms with Crippen molar-refractivity contribution in [1.82, 2.24) is 94.0 Å². The van der Waals surface area contributed by atoms with E-state index in [1.165, 1.54) is 30.3 Å². The third kappa shape index (κ3) is 12.5. The molecule has 11 N–H and O–H groups in total. The average Bonchev–Trinajstić information content (AvgIpc) is 1.62. The van der Waals surface area contributed by atoms with E-state index in [0.717, 1.165) is 184 Å². The van der Waals surface area contributed by atoms with Crippen molar-refractivity contribution >= 4 is 167 Å². The van der Waals surface area contributed by atoms with Gasteiger partial charge in [-0.2, -0.15) is 15.3 Å². The smallest absolute Gasteiger partial charge is 0.198 e. The number of para-hydroxylation sites is 3. The van der Waals surface area contributed by atoms with Crippen LogP contribution in [0, 0.1) is 3.70 Å². The third-order valence-electron chi connectivity index (χ3n) is 19.3. The molecule has 11 aromatic heterocycles. The number of halogens is 1. The molecule has 3 aliphatic heterocycles. The minimum atomic E-state index is 0.366. The van der Waals surface area contributed by atoms with Gasteiger partial charge in [0.2, 0.25) is 0 Å². The van der Waals surface area contributed by atoms with Gasteiger partial charge >= 0.3 is 0 Å². The van der Waals surface area contributed by atoms with E-state index in [-0.39, 0.29) is 0 Å². The number of nitrogen functional groups attached to an aromatic ring is 5. The lowest BCUT2D eigenvalue weighted by Gasteiger charge is -2.34. The number of morpholine rings is 1. The highest BCUT2D eigenvalue weighted by Gasteiger charge is 2.28. The Morgan fingerprint density at radius 2 is 0.981 bits per heavy atom. The Kier molecular flexibility index (Phi) is 17.0. The van der Waals surface area contributed by atoms with Crippen LogP contribution in [0.15, 0.2) is 146 Å². The van der Waals surface area contributed by atoms with Crippen LogP contribution in [-0.2, 0) is 24.4 Å². The molecule has 516 valence electrons. The zero-order chi connectivity index (χ0) is 70.0. The fourth-order valence-electron chi connectivity index (χ4n) is 14.2. The predicted octanol–water partition coefficient (Wildman–Crippen LogP) is 10.2. The number of anilines is 8. The molecule has 30 heteroatoms. The van der Waals surface area contributed by atoms with Gasteiger partial charge in [-0.3, -0.25) is 0 Å². The molecule has 14 heterocycles. The van der Waals surface area contributed by atoms with Crippen molar-refractivity contribution in [3.05, 3.63) is 167 Å². The second-order valence-corrected chi connectivity index (χ2v) is 28.1. The molecule has 1 unspecified atom stereocenters. The number of nitrogens with one attached hydrogen (secondary N) is 1. The van der Waals surface area contributed by atoms with Crippen LogP contribution < -0.4 is 43.4 Å². The molecule has 16 aromatic rings. The number of ether oxygens (including phenoxy) is 1. The summed E-state index contributed by atoms with van der Waals surface area (Å²) in [6.45, 7) is 11.7. The van der Waals surface area contributed by atoms with E-state index in [1.54, 1.807) is 0 Å². The van der Waals surface area contributed by atoms with Crippen LogP contribution >= 0.6 is 33.9 Å². The molecule has 3 fully saturated rings. The molecule has 3 saturated heterocycles. The maximum Gasteiger partial charge on any atom is 0.198 e. The molecule has 0 spiro atoms. The highest BCUT2D eigenvalue weighted by atomic mass is 127. The summed E-state index contributed by atoms with van der Waals surface area (Å²) in [5, 5.41) is 20.8. The second-order valence-electron chi connectivity index (χ2n) is 26.0. The summed E-state index contributed by atoms with van der Waals surface area (Å²) in [5.74, 6) is 4.57. The standard InChI is InChI=1S/C27H25N9S.C26H24N10O.C20H21IN8/c1-15-5-4-10-35(15)25-18(11-16-6-2-3-7-19(16)32-25)13-36-26-22(24(28)30-14-31-26)23(34-36)17-8-9-20-21(12-17)37-27(29)33-20;27-23-21-22(16-5-6-19-20(12-16)33-26(28)32-19)34-36(25(21)30-14-29-23)13-17-11-15-3-1-2-4-18(15)31-24(17)35-7-9-37-10-8-35;1-27-6-8-28(9-7-27)19-14(10-13-4-2-3-5-15(13)25-19)11-29-20-16(17(21)26-29)18(22)23-12-24-20/h2-3,6-9,11-12,14-15H,4-5,10,13H2,1H3,(H2,29,33)(H2,28,30,31);1-6,11-12,14H,7-10,13H2,(H2,27,29,30)(H3,28,32,33);2-5,10,12H,6-9,11H2,1H3,(H2,22,23,24). The maximum atomic E-state index is 6.39. The van der Waals surface area contributed by atoms with E-state index in [2.05, 4.69) is 156 Å². The van der Waals surface area contributed by atoms with Crippen molar-refractivity contribution in [2.75, 3.05) is 109 Å². The van der Waals surface area contributed by atoms with Gasteiger partial charge in [0.15, 0.2) is 28.0 Å². The molecule has 19 rings (SSSR count). The molecular formula is C73H70IN27OS. The number of aromatic amines is 1. The topological polar surface area (TPSA) is 363 Å². The summed E-state index contributed by atoms with van der Waals surface area (Å²) in [4.78, 5) is 62.6. The van der Waals surface area contributed by atoms with Crippen molar-refractivity contribution in [2.24, 2.45) is 0 Å². The van der Waals surface area contributed by atoms with Crippen molar-refractivity contribution in [2.45, 2.75) is 45.4 Å². The first-order valence-electron chi connectivity index (χ1n) is 34.0. The maximum absolute atomic E-state index is 6.39. The minimum Gasteiger partial charge on any atom is -0.383 e. The second kappa shape index (κ2) is 27.1. The fourth-order valence-corrected chi connectivity index (χ4v) is 15.7. The highest BCUT2D eigenvalue weighted by Crippen LogP contribution is 2.39. The van der Waals surface area contributed by atoms with Gasteiger partial charge in [-0.15, -0.1) is 0 Å². The van der Waals surface area contributed by atoms with Gasteiger partial charge in [-0.1, -0.05) is 78.1 Å². The molecule has 0 bridgehead atoms. The number of H-pyrrole nitrogens is 1. The van der Waals surface area contributed by atoms with E-state index in [1.807, 2.05) is 86.8 Å². The molecule has 0 radical (unpaired) electrons. The van der Waals surface area contributed by atoms with Crippen LogP contribution in [0.4, 0.5) is 46.0 Å². The molecule has 3 aliphatic rings. The number of imidazole rings is 1. The van der Waals surface area contributed by atoms with E-state index < -0.39 is 0 Å². The van der Waals surface area contributed by atoms with E-state index in [4.69, 9.17) is 63.7 Å². The molecule has 0 saturated carbocycles. The molecular weight excluding hydrogens is 1430 g/mol. The van der Waals surface area contributed by atoms with Crippen LogP contribution in [0.2, 0.25) is 0 Å². The first kappa shape index (κ1) is 64.7. The summed E-state index contributed by atoms with van der Waals surface area (Å²) in [7, 11) is 2.16. The average molecular weight is 1500 g/mol. The molecule has 28 nitrogen and oxygen atoms in total. The first-order valence-corrected chi connectivity index (χ1v) is 35.9. The van der Waals surface area contributed by atoms with Gasteiger partial charge in [0.1, 0.15) is 69.0 Å². The summed E-state index contributed by atoms with van der Waals surface area (Å²) < 4.78 is 13.1. The lowest BCUT2D eigenvalue weighted by atomic mass is 10.1. The largest absolute Gasteiger partial charge is 0.383 e. The highest BCUT2D eigenvalue weighted by molar-refractivity contribution is 14.1. The van der Waals surface area contributed by atoms with Gasteiger partial charge in [-0.25, -0.2) is 68.9 Å². The van der Waals surface area contributed by atoms with Gasteiger partial charge in [-0.05, 0) is 110 Å². The summed E-state index contributed by atoms with van der Waals surface area (Å²) >= 11 is 3.65. The SMILES string of the molecule is CC1CCCN1c1nc2ccccc2cc1Cn1nc(-c2ccc3nc(N)sc3c2)c2c(N)ncnc21.CN1CCN(c2nc3ccccc3cc2Cn2nc(I)c3c(N)ncnc32)CC1.Nc1nc2ccc(-c3nn(Cc4cc5ccccc5nc4N4CCOCC4)c4ncnc(N)c34)cc2[nH]1. The Morgan fingerprint density at radius 1 is 0.495 bits per heavy atom. The predicted molar refractivity (Wildman–Crippen MR) is 416 cm³/mol.